The highest BCUT2D eigenvalue weighted by molar-refractivity contribution is 9.15. The molecule has 0 nitrogen and oxygen atoms in total. The topological polar surface area (TPSA) is 0 Å². The summed E-state index contributed by atoms with van der Waals surface area (Å²) in [6.07, 6.45) is 0. The standard InChI is InChI=1S/C4H4Br2/c1-3(5)4(2)6/h1-2H2. The smallest absolute Gasteiger partial charge is 0.0239 e. The van der Waals surface area contributed by atoms with Gasteiger partial charge in [0.25, 0.3) is 0 Å². The van der Waals surface area contributed by atoms with Crippen molar-refractivity contribution in [2.24, 2.45) is 0 Å². The van der Waals surface area contributed by atoms with E-state index in [0.717, 1.165) is 8.96 Å². The molecule has 0 aromatic heterocycles. The zero-order chi connectivity index (χ0) is 5.15. The molecular weight excluding hydrogens is 208 g/mol. The van der Waals surface area contributed by atoms with E-state index in [2.05, 4.69) is 45.0 Å². The van der Waals surface area contributed by atoms with Crippen LogP contribution in [0.2, 0.25) is 0 Å². The summed E-state index contributed by atoms with van der Waals surface area (Å²) in [7, 11) is 0. The van der Waals surface area contributed by atoms with Gasteiger partial charge in [-0.15, -0.1) is 0 Å². The van der Waals surface area contributed by atoms with Crippen molar-refractivity contribution >= 4 is 31.9 Å². The van der Waals surface area contributed by atoms with Gasteiger partial charge in [-0.1, -0.05) is 45.0 Å². The molecule has 0 saturated heterocycles. The van der Waals surface area contributed by atoms with Crippen molar-refractivity contribution in [2.75, 3.05) is 0 Å². The van der Waals surface area contributed by atoms with Gasteiger partial charge < -0.3 is 0 Å². The number of hydrogen-bond donors (Lipinski definition) is 0. The third-order valence-electron chi connectivity index (χ3n) is 0.294. The molecule has 0 aliphatic heterocycles. The maximum absolute atomic E-state index is 3.52. The van der Waals surface area contributed by atoms with Crippen LogP contribution in [0.1, 0.15) is 0 Å². The van der Waals surface area contributed by atoms with Crippen molar-refractivity contribution in [3.05, 3.63) is 22.1 Å². The fraction of sp³-hybridized carbons (Fsp3) is 0. The Bertz CT molecular complexity index is 71.5. The molecule has 0 spiro atoms. The first-order chi connectivity index (χ1) is 2.64. The fourth-order valence-corrected chi connectivity index (χ4v) is 0. The van der Waals surface area contributed by atoms with Crippen LogP contribution in [-0.2, 0) is 0 Å². The Morgan fingerprint density at radius 2 is 1.17 bits per heavy atom. The minimum atomic E-state index is 0.794. The summed E-state index contributed by atoms with van der Waals surface area (Å²) in [5.41, 5.74) is 0. The van der Waals surface area contributed by atoms with Crippen molar-refractivity contribution in [2.45, 2.75) is 0 Å². The normalized spacial score (nSPS) is 7.67. The highest BCUT2D eigenvalue weighted by Crippen LogP contribution is 2.17. The molecule has 0 aromatic carbocycles. The van der Waals surface area contributed by atoms with Crippen LogP contribution in [0.4, 0.5) is 0 Å². The predicted octanol–water partition coefficient (Wildman–Crippen LogP) is 2.80. The van der Waals surface area contributed by atoms with Crippen LogP contribution in [0.25, 0.3) is 0 Å². The Kier molecular flexibility index (Phi) is 2.78. The van der Waals surface area contributed by atoms with E-state index < -0.39 is 0 Å². The molecule has 34 valence electrons. The molecule has 0 radical (unpaired) electrons. The van der Waals surface area contributed by atoms with Crippen molar-refractivity contribution in [3.63, 3.8) is 0 Å². The van der Waals surface area contributed by atoms with Crippen LogP contribution >= 0.6 is 31.9 Å². The molecule has 0 fully saturated rings. The van der Waals surface area contributed by atoms with Crippen LogP contribution in [-0.4, -0.2) is 0 Å². The lowest BCUT2D eigenvalue weighted by Crippen LogP contribution is -1.55. The minimum absolute atomic E-state index is 0.794. The monoisotopic (exact) mass is 210 g/mol. The van der Waals surface area contributed by atoms with Gasteiger partial charge in [-0.3, -0.25) is 0 Å². The average Bonchev–Trinajstić information content (AvgIpc) is 1.36. The van der Waals surface area contributed by atoms with E-state index in [4.69, 9.17) is 0 Å². The van der Waals surface area contributed by atoms with E-state index in [-0.39, 0.29) is 0 Å². The number of halogens is 2. The largest absolute Gasteiger partial charge is 0.0836 e. The van der Waals surface area contributed by atoms with Gasteiger partial charge in [-0.25, -0.2) is 0 Å². The van der Waals surface area contributed by atoms with E-state index in [1.165, 1.54) is 0 Å². The van der Waals surface area contributed by atoms with Crippen molar-refractivity contribution in [1.29, 1.82) is 0 Å². The van der Waals surface area contributed by atoms with Crippen LogP contribution in [0.3, 0.4) is 0 Å². The lowest BCUT2D eigenvalue weighted by molar-refractivity contribution is 2.03. The Morgan fingerprint density at radius 1 is 1.00 bits per heavy atom. The third-order valence-corrected chi connectivity index (χ3v) is 1.78. The fourth-order valence-electron chi connectivity index (χ4n) is 0. The van der Waals surface area contributed by atoms with E-state index in [1.807, 2.05) is 0 Å². The Morgan fingerprint density at radius 3 is 1.17 bits per heavy atom. The second kappa shape index (κ2) is 2.59. The van der Waals surface area contributed by atoms with Gasteiger partial charge in [0, 0.05) is 8.96 Å². The second-order valence-electron chi connectivity index (χ2n) is 0.810. The summed E-state index contributed by atoms with van der Waals surface area (Å²) in [5.74, 6) is 0. The maximum Gasteiger partial charge on any atom is 0.0239 e. The van der Waals surface area contributed by atoms with Crippen molar-refractivity contribution in [3.8, 4) is 0 Å². The molecule has 0 aliphatic carbocycles. The average molecular weight is 212 g/mol. The minimum Gasteiger partial charge on any atom is -0.0836 e. The lowest BCUT2D eigenvalue weighted by atomic mass is 10.6. The molecule has 2 heteroatoms. The summed E-state index contributed by atoms with van der Waals surface area (Å²) in [4.78, 5) is 0. The Balaban J connectivity index is 3.57. The van der Waals surface area contributed by atoms with Gasteiger partial charge in [0.15, 0.2) is 0 Å². The molecule has 0 bridgehead atoms. The Hall–Kier alpha value is 0.440. The van der Waals surface area contributed by atoms with Gasteiger partial charge in [0.05, 0.1) is 0 Å². The molecule has 0 aromatic rings. The molecule has 0 rings (SSSR count). The summed E-state index contributed by atoms with van der Waals surface area (Å²) in [6.45, 7) is 7.05. The van der Waals surface area contributed by atoms with E-state index >= 15 is 0 Å². The van der Waals surface area contributed by atoms with Gasteiger partial charge in [0.1, 0.15) is 0 Å². The summed E-state index contributed by atoms with van der Waals surface area (Å²) in [5, 5.41) is 0. The molecule has 0 unspecified atom stereocenters. The Labute approximate surface area is 54.2 Å². The summed E-state index contributed by atoms with van der Waals surface area (Å²) in [6, 6.07) is 0. The van der Waals surface area contributed by atoms with E-state index in [1.54, 1.807) is 0 Å². The quantitative estimate of drug-likeness (QED) is 0.586. The van der Waals surface area contributed by atoms with Gasteiger partial charge in [-0.05, 0) is 0 Å². The molecule has 0 atom stereocenters. The predicted molar refractivity (Wildman–Crippen MR) is 36.1 cm³/mol. The molecule has 0 saturated carbocycles. The highest BCUT2D eigenvalue weighted by Gasteiger charge is 1.82. The van der Waals surface area contributed by atoms with E-state index in [9.17, 15) is 0 Å². The van der Waals surface area contributed by atoms with Gasteiger partial charge in [0.2, 0.25) is 0 Å². The SMILES string of the molecule is C=C(Br)C(=C)Br. The summed E-state index contributed by atoms with van der Waals surface area (Å²) >= 11 is 6.20. The maximum atomic E-state index is 3.52. The zero-order valence-corrected chi connectivity index (χ0v) is 6.34. The van der Waals surface area contributed by atoms with E-state index in [0.29, 0.717) is 0 Å². The molecule has 6 heavy (non-hydrogen) atoms. The van der Waals surface area contributed by atoms with Gasteiger partial charge in [-0.2, -0.15) is 0 Å². The third kappa shape index (κ3) is 2.67. The van der Waals surface area contributed by atoms with Crippen LogP contribution in [0, 0.1) is 0 Å². The molecule has 0 aliphatic rings. The lowest BCUT2D eigenvalue weighted by Gasteiger charge is -1.83. The van der Waals surface area contributed by atoms with Crippen LogP contribution in [0.5, 0.6) is 0 Å². The molecule has 0 amide bonds. The molecule has 0 heterocycles. The highest BCUT2D eigenvalue weighted by atomic mass is 79.9. The van der Waals surface area contributed by atoms with Crippen molar-refractivity contribution < 1.29 is 0 Å². The molecule has 0 N–H and O–H groups in total. The van der Waals surface area contributed by atoms with Crippen LogP contribution in [0.15, 0.2) is 22.1 Å². The second-order valence-corrected chi connectivity index (χ2v) is 2.72. The summed E-state index contributed by atoms with van der Waals surface area (Å²) < 4.78 is 1.59. The number of rotatable bonds is 1. The van der Waals surface area contributed by atoms with Crippen molar-refractivity contribution in [1.82, 2.24) is 0 Å². The zero-order valence-electron chi connectivity index (χ0n) is 3.17. The number of allylic oxidation sites excluding steroid dienone is 2. The first kappa shape index (κ1) is 6.44. The first-order valence-electron chi connectivity index (χ1n) is 1.34. The number of hydrogen-bond acceptors (Lipinski definition) is 0. The first-order valence-corrected chi connectivity index (χ1v) is 2.92. The van der Waals surface area contributed by atoms with Crippen LogP contribution < -0.4 is 0 Å². The van der Waals surface area contributed by atoms with Gasteiger partial charge >= 0.3 is 0 Å². The molecular formula is C4H4Br2.